The summed E-state index contributed by atoms with van der Waals surface area (Å²) < 4.78 is 26.6. The Labute approximate surface area is 175 Å². The molecule has 6 heteroatoms. The molecule has 29 heavy (non-hydrogen) atoms. The SMILES string of the molecule is CCC(C(=O)NC(C)c1cc(C)ccc1C)N(c1cc(C)cc(C)c1)S(C)(=O)=O. The van der Waals surface area contributed by atoms with Crippen LogP contribution in [0.3, 0.4) is 0 Å². The van der Waals surface area contributed by atoms with Gasteiger partial charge in [0.05, 0.1) is 18.0 Å². The average molecular weight is 417 g/mol. The second-order valence-electron chi connectivity index (χ2n) is 7.92. The molecule has 2 atom stereocenters. The number of sulfonamides is 1. The van der Waals surface area contributed by atoms with E-state index in [1.807, 2.05) is 59.7 Å². The maximum Gasteiger partial charge on any atom is 0.244 e. The van der Waals surface area contributed by atoms with E-state index in [-0.39, 0.29) is 11.9 Å². The number of hydrogen-bond acceptors (Lipinski definition) is 3. The van der Waals surface area contributed by atoms with E-state index in [4.69, 9.17) is 0 Å². The van der Waals surface area contributed by atoms with Crippen LogP contribution in [-0.4, -0.2) is 26.6 Å². The summed E-state index contributed by atoms with van der Waals surface area (Å²) >= 11 is 0. The van der Waals surface area contributed by atoms with Crippen molar-refractivity contribution in [1.82, 2.24) is 5.32 Å². The van der Waals surface area contributed by atoms with Crippen LogP contribution in [0.2, 0.25) is 0 Å². The van der Waals surface area contributed by atoms with Crippen LogP contribution in [0.4, 0.5) is 5.69 Å². The molecule has 0 spiro atoms. The van der Waals surface area contributed by atoms with Gasteiger partial charge < -0.3 is 5.32 Å². The Morgan fingerprint density at radius 3 is 2.10 bits per heavy atom. The van der Waals surface area contributed by atoms with Gasteiger partial charge in [-0.15, -0.1) is 0 Å². The van der Waals surface area contributed by atoms with Crippen molar-refractivity contribution >= 4 is 21.6 Å². The van der Waals surface area contributed by atoms with Gasteiger partial charge in [-0.2, -0.15) is 0 Å². The van der Waals surface area contributed by atoms with Gasteiger partial charge in [0.2, 0.25) is 15.9 Å². The molecule has 2 unspecified atom stereocenters. The van der Waals surface area contributed by atoms with Crippen LogP contribution in [0.15, 0.2) is 36.4 Å². The lowest BCUT2D eigenvalue weighted by Crippen LogP contribution is -2.49. The molecule has 1 amide bonds. The van der Waals surface area contributed by atoms with Crippen LogP contribution in [-0.2, 0) is 14.8 Å². The lowest BCUT2D eigenvalue weighted by molar-refractivity contribution is -0.122. The Kier molecular flexibility index (Phi) is 7.11. The number of hydrogen-bond donors (Lipinski definition) is 1. The number of carbonyl (C=O) groups is 1. The van der Waals surface area contributed by atoms with Crippen molar-refractivity contribution in [3.63, 3.8) is 0 Å². The van der Waals surface area contributed by atoms with Crippen LogP contribution in [0.25, 0.3) is 0 Å². The van der Waals surface area contributed by atoms with Crippen molar-refractivity contribution in [2.45, 2.75) is 60.0 Å². The fraction of sp³-hybridized carbons (Fsp3) is 0.435. The smallest absolute Gasteiger partial charge is 0.244 e. The molecule has 0 heterocycles. The number of aryl methyl sites for hydroxylation is 4. The first kappa shape index (κ1) is 22.9. The van der Waals surface area contributed by atoms with Gasteiger partial charge in [0.25, 0.3) is 0 Å². The standard InChI is InChI=1S/C23H32N2O3S/c1-8-22(23(26)24-19(6)21-14-15(2)9-10-18(21)5)25(29(7,27)28)20-12-16(3)11-17(4)13-20/h9-14,19,22H,8H2,1-7H3,(H,24,26). The van der Waals surface area contributed by atoms with E-state index in [1.165, 1.54) is 4.31 Å². The zero-order valence-electron chi connectivity index (χ0n) is 18.4. The largest absolute Gasteiger partial charge is 0.348 e. The third-order valence-electron chi connectivity index (χ3n) is 5.05. The monoisotopic (exact) mass is 416 g/mol. The van der Waals surface area contributed by atoms with E-state index in [9.17, 15) is 13.2 Å². The predicted octanol–water partition coefficient (Wildman–Crippen LogP) is 4.34. The molecule has 0 aliphatic rings. The van der Waals surface area contributed by atoms with E-state index in [0.29, 0.717) is 12.1 Å². The second-order valence-corrected chi connectivity index (χ2v) is 9.78. The fourth-order valence-corrected chi connectivity index (χ4v) is 4.95. The first-order valence-corrected chi connectivity index (χ1v) is 11.7. The minimum atomic E-state index is -3.65. The van der Waals surface area contributed by atoms with E-state index in [1.54, 1.807) is 12.1 Å². The highest BCUT2D eigenvalue weighted by Gasteiger charge is 2.32. The third-order valence-corrected chi connectivity index (χ3v) is 6.23. The molecule has 0 aliphatic heterocycles. The normalized spacial score (nSPS) is 13.6. The van der Waals surface area contributed by atoms with Crippen molar-refractivity contribution in [1.29, 1.82) is 0 Å². The Balaban J connectivity index is 2.39. The summed E-state index contributed by atoms with van der Waals surface area (Å²) in [5.41, 5.74) is 5.66. The molecule has 1 N–H and O–H groups in total. The third kappa shape index (κ3) is 5.60. The maximum atomic E-state index is 13.2. The summed E-state index contributed by atoms with van der Waals surface area (Å²) in [5.74, 6) is -0.300. The molecular formula is C23H32N2O3S. The van der Waals surface area contributed by atoms with Gasteiger partial charge >= 0.3 is 0 Å². The molecule has 0 bridgehead atoms. The maximum absolute atomic E-state index is 13.2. The minimum absolute atomic E-state index is 0.225. The number of rotatable bonds is 7. The highest BCUT2D eigenvalue weighted by atomic mass is 32.2. The molecule has 0 saturated heterocycles. The van der Waals surface area contributed by atoms with Gasteiger partial charge in [-0.1, -0.05) is 36.8 Å². The molecule has 0 radical (unpaired) electrons. The number of nitrogens with one attached hydrogen (secondary N) is 1. The van der Waals surface area contributed by atoms with Crippen LogP contribution in [0.5, 0.6) is 0 Å². The Morgan fingerprint density at radius 2 is 1.59 bits per heavy atom. The first-order valence-electron chi connectivity index (χ1n) is 9.89. The van der Waals surface area contributed by atoms with Gasteiger partial charge in [-0.05, 0) is 75.4 Å². The Morgan fingerprint density at radius 1 is 1.00 bits per heavy atom. The molecule has 0 saturated carbocycles. The minimum Gasteiger partial charge on any atom is -0.348 e. The van der Waals surface area contributed by atoms with Gasteiger partial charge in [0, 0.05) is 0 Å². The molecule has 0 fully saturated rings. The van der Waals surface area contributed by atoms with Crippen molar-refractivity contribution in [3.05, 3.63) is 64.2 Å². The predicted molar refractivity (Wildman–Crippen MR) is 120 cm³/mol. The summed E-state index contributed by atoms with van der Waals surface area (Å²) in [7, 11) is -3.65. The van der Waals surface area contributed by atoms with Gasteiger partial charge in [0.15, 0.2) is 0 Å². The molecule has 158 valence electrons. The van der Waals surface area contributed by atoms with Gasteiger partial charge in [-0.25, -0.2) is 8.42 Å². The Bertz CT molecular complexity index is 979. The van der Waals surface area contributed by atoms with Crippen LogP contribution < -0.4 is 9.62 Å². The lowest BCUT2D eigenvalue weighted by atomic mass is 9.99. The average Bonchev–Trinajstić information content (AvgIpc) is 2.59. The first-order chi connectivity index (χ1) is 13.4. The molecule has 2 rings (SSSR count). The number of amides is 1. The number of anilines is 1. The zero-order chi connectivity index (χ0) is 21.9. The van der Waals surface area contributed by atoms with Gasteiger partial charge in [-0.3, -0.25) is 9.10 Å². The number of benzene rings is 2. The van der Waals surface area contributed by atoms with Gasteiger partial charge in [0.1, 0.15) is 6.04 Å². The van der Waals surface area contributed by atoms with E-state index in [0.717, 1.165) is 34.1 Å². The zero-order valence-corrected chi connectivity index (χ0v) is 19.2. The highest BCUT2D eigenvalue weighted by Crippen LogP contribution is 2.26. The summed E-state index contributed by atoms with van der Waals surface area (Å²) in [4.78, 5) is 13.2. The quantitative estimate of drug-likeness (QED) is 0.730. The van der Waals surface area contributed by atoms with Crippen molar-refractivity contribution in [3.8, 4) is 0 Å². The summed E-state index contributed by atoms with van der Waals surface area (Å²) in [6.45, 7) is 11.6. The van der Waals surface area contributed by atoms with Crippen LogP contribution in [0, 0.1) is 27.7 Å². The number of nitrogens with zero attached hydrogens (tertiary/aromatic N) is 1. The highest BCUT2D eigenvalue weighted by molar-refractivity contribution is 7.92. The van der Waals surface area contributed by atoms with Crippen molar-refractivity contribution in [2.24, 2.45) is 0 Å². The van der Waals surface area contributed by atoms with E-state index >= 15 is 0 Å². The summed E-state index contributed by atoms with van der Waals surface area (Å²) in [6, 6.07) is 10.7. The molecule has 0 aromatic heterocycles. The lowest BCUT2D eigenvalue weighted by Gasteiger charge is -2.31. The molecule has 5 nitrogen and oxygen atoms in total. The summed E-state index contributed by atoms with van der Waals surface area (Å²) in [5, 5.41) is 3.02. The molecule has 2 aromatic rings. The van der Waals surface area contributed by atoms with E-state index < -0.39 is 16.1 Å². The number of carbonyl (C=O) groups excluding carboxylic acids is 1. The molecule has 2 aromatic carbocycles. The second kappa shape index (κ2) is 8.99. The molecular weight excluding hydrogens is 384 g/mol. The molecule has 0 aliphatic carbocycles. The van der Waals surface area contributed by atoms with Crippen molar-refractivity contribution in [2.75, 3.05) is 10.6 Å². The fourth-order valence-electron chi connectivity index (χ4n) is 3.75. The summed E-state index contributed by atoms with van der Waals surface area (Å²) in [6.07, 6.45) is 1.51. The topological polar surface area (TPSA) is 66.5 Å². The van der Waals surface area contributed by atoms with E-state index in [2.05, 4.69) is 11.4 Å². The van der Waals surface area contributed by atoms with Crippen LogP contribution >= 0.6 is 0 Å². The Hall–Kier alpha value is -2.34. The van der Waals surface area contributed by atoms with Crippen LogP contribution in [0.1, 0.15) is 54.1 Å². The van der Waals surface area contributed by atoms with Crippen molar-refractivity contribution < 1.29 is 13.2 Å².